The first kappa shape index (κ1) is 16.5. The van der Waals surface area contributed by atoms with Gasteiger partial charge in [-0.3, -0.25) is 9.59 Å². The zero-order chi connectivity index (χ0) is 17.3. The van der Waals surface area contributed by atoms with Gasteiger partial charge in [0, 0.05) is 10.7 Å². The van der Waals surface area contributed by atoms with E-state index in [1.54, 1.807) is 37.3 Å². The Morgan fingerprint density at radius 2 is 1.83 bits per heavy atom. The highest BCUT2D eigenvalue weighted by molar-refractivity contribution is 6.30. The first-order chi connectivity index (χ1) is 11.4. The summed E-state index contributed by atoms with van der Waals surface area (Å²) in [6.45, 7) is 1.63. The van der Waals surface area contributed by atoms with Crippen molar-refractivity contribution in [2.24, 2.45) is 0 Å². The Bertz CT molecular complexity index is 781. The third-order valence-electron chi connectivity index (χ3n) is 4.60. The highest BCUT2D eigenvalue weighted by Crippen LogP contribution is 2.49. The van der Waals surface area contributed by atoms with Crippen LogP contribution in [0.2, 0.25) is 5.02 Å². The minimum atomic E-state index is -0.871. The quantitative estimate of drug-likeness (QED) is 0.855. The van der Waals surface area contributed by atoms with Gasteiger partial charge in [0.05, 0.1) is 11.3 Å². The van der Waals surface area contributed by atoms with Crippen molar-refractivity contribution >= 4 is 29.2 Å². The van der Waals surface area contributed by atoms with Gasteiger partial charge in [-0.05, 0) is 55.2 Å². The molecule has 24 heavy (non-hydrogen) atoms. The molecule has 0 bridgehead atoms. The molecule has 2 aromatic rings. The summed E-state index contributed by atoms with van der Waals surface area (Å²) in [5, 5.41) is 12.6. The number of hydrogen-bond donors (Lipinski definition) is 2. The lowest BCUT2D eigenvalue weighted by atomic mass is 9.95. The second-order valence-corrected chi connectivity index (χ2v) is 6.66. The molecule has 1 unspecified atom stereocenters. The molecule has 2 N–H and O–H groups in total. The highest BCUT2D eigenvalue weighted by Gasteiger charge is 2.51. The number of carboxylic acids is 1. The molecule has 3 rings (SSSR count). The minimum absolute atomic E-state index is 0.0520. The monoisotopic (exact) mass is 343 g/mol. The van der Waals surface area contributed by atoms with Crippen LogP contribution in [0.25, 0.3) is 0 Å². The van der Waals surface area contributed by atoms with Crippen molar-refractivity contribution in [2.75, 3.05) is 5.32 Å². The molecule has 0 saturated heterocycles. The number of amides is 1. The Kier molecular flexibility index (Phi) is 4.33. The number of carboxylic acid groups (broad SMARTS) is 1. The van der Waals surface area contributed by atoms with Gasteiger partial charge < -0.3 is 10.4 Å². The summed E-state index contributed by atoms with van der Waals surface area (Å²) in [5.74, 6) is -1.50. The summed E-state index contributed by atoms with van der Waals surface area (Å²) in [7, 11) is 0. The fourth-order valence-electron chi connectivity index (χ4n) is 2.81. The normalized spacial score (nSPS) is 16.2. The topological polar surface area (TPSA) is 66.4 Å². The van der Waals surface area contributed by atoms with E-state index in [0.717, 1.165) is 18.4 Å². The fraction of sp³-hybridized carbons (Fsp3) is 0.263. The number of benzene rings is 2. The van der Waals surface area contributed by atoms with Crippen LogP contribution in [0.3, 0.4) is 0 Å². The van der Waals surface area contributed by atoms with Crippen molar-refractivity contribution in [1.29, 1.82) is 0 Å². The Labute approximate surface area is 145 Å². The standard InChI is InChI=1S/C19H18ClNO3/c1-12(17(22)23)13-5-7-16(8-6-13)21-18(24)19(9-10-19)14-3-2-4-15(20)11-14/h2-8,11-12H,9-10H2,1H3,(H,21,24)(H,22,23). The minimum Gasteiger partial charge on any atom is -0.481 e. The Morgan fingerprint density at radius 3 is 2.38 bits per heavy atom. The van der Waals surface area contributed by atoms with Crippen LogP contribution in [-0.2, 0) is 15.0 Å². The maximum Gasteiger partial charge on any atom is 0.310 e. The van der Waals surface area contributed by atoms with Crippen molar-refractivity contribution in [3.05, 3.63) is 64.7 Å². The van der Waals surface area contributed by atoms with Crippen molar-refractivity contribution in [3.8, 4) is 0 Å². The highest BCUT2D eigenvalue weighted by atomic mass is 35.5. The van der Waals surface area contributed by atoms with Gasteiger partial charge in [-0.25, -0.2) is 0 Å². The Hall–Kier alpha value is -2.33. The van der Waals surface area contributed by atoms with E-state index in [0.29, 0.717) is 16.3 Å². The zero-order valence-corrected chi connectivity index (χ0v) is 14.0. The number of hydrogen-bond acceptors (Lipinski definition) is 2. The second-order valence-electron chi connectivity index (χ2n) is 6.23. The molecular weight excluding hydrogens is 326 g/mol. The number of aliphatic carboxylic acids is 1. The molecule has 1 saturated carbocycles. The van der Waals surface area contributed by atoms with Crippen molar-refractivity contribution in [1.82, 2.24) is 0 Å². The smallest absolute Gasteiger partial charge is 0.310 e. The molecule has 5 heteroatoms. The number of rotatable bonds is 5. The van der Waals surface area contributed by atoms with E-state index in [1.165, 1.54) is 0 Å². The Balaban J connectivity index is 1.74. The Morgan fingerprint density at radius 1 is 1.17 bits per heavy atom. The molecule has 1 amide bonds. The summed E-state index contributed by atoms with van der Waals surface area (Å²) >= 11 is 6.04. The molecule has 124 valence electrons. The van der Waals surface area contributed by atoms with Crippen molar-refractivity contribution < 1.29 is 14.7 Å². The number of halogens is 1. The van der Waals surface area contributed by atoms with E-state index in [-0.39, 0.29) is 5.91 Å². The molecule has 4 nitrogen and oxygen atoms in total. The molecule has 1 atom stereocenters. The molecule has 0 radical (unpaired) electrons. The van der Waals surface area contributed by atoms with E-state index in [2.05, 4.69) is 5.32 Å². The molecule has 2 aromatic carbocycles. The summed E-state index contributed by atoms with van der Waals surface area (Å²) in [4.78, 5) is 23.7. The number of anilines is 1. The zero-order valence-electron chi connectivity index (χ0n) is 13.3. The van der Waals surface area contributed by atoms with E-state index in [1.807, 2.05) is 18.2 Å². The van der Waals surface area contributed by atoms with Gasteiger partial charge >= 0.3 is 5.97 Å². The summed E-state index contributed by atoms with van der Waals surface area (Å²) in [5.41, 5.74) is 1.80. The van der Waals surface area contributed by atoms with Gasteiger partial charge in [-0.1, -0.05) is 35.9 Å². The van der Waals surface area contributed by atoms with E-state index in [4.69, 9.17) is 16.7 Å². The lowest BCUT2D eigenvalue weighted by molar-refractivity contribution is -0.138. The van der Waals surface area contributed by atoms with Gasteiger partial charge in [-0.15, -0.1) is 0 Å². The first-order valence-electron chi connectivity index (χ1n) is 7.83. The van der Waals surface area contributed by atoms with Crippen LogP contribution in [-0.4, -0.2) is 17.0 Å². The maximum atomic E-state index is 12.7. The molecule has 1 fully saturated rings. The molecular formula is C19H18ClNO3. The predicted octanol–water partition coefficient (Wildman–Crippen LogP) is 4.20. The number of carbonyl (C=O) groups is 2. The van der Waals surface area contributed by atoms with Crippen LogP contribution >= 0.6 is 11.6 Å². The van der Waals surface area contributed by atoms with Crippen LogP contribution in [0.15, 0.2) is 48.5 Å². The fourth-order valence-corrected chi connectivity index (χ4v) is 3.00. The van der Waals surface area contributed by atoms with E-state index < -0.39 is 17.3 Å². The lowest BCUT2D eigenvalue weighted by Gasteiger charge is -2.16. The van der Waals surface area contributed by atoms with Crippen LogP contribution in [0.4, 0.5) is 5.69 Å². The summed E-state index contributed by atoms with van der Waals surface area (Å²) in [6.07, 6.45) is 1.60. The summed E-state index contributed by atoms with van der Waals surface area (Å²) < 4.78 is 0. The van der Waals surface area contributed by atoms with Crippen molar-refractivity contribution in [3.63, 3.8) is 0 Å². The molecule has 1 aliphatic rings. The lowest BCUT2D eigenvalue weighted by Crippen LogP contribution is -2.27. The van der Waals surface area contributed by atoms with Crippen LogP contribution < -0.4 is 5.32 Å². The summed E-state index contributed by atoms with van der Waals surface area (Å²) in [6, 6.07) is 14.3. The van der Waals surface area contributed by atoms with Crippen LogP contribution in [0.5, 0.6) is 0 Å². The van der Waals surface area contributed by atoms with Gasteiger partial charge in [0.2, 0.25) is 5.91 Å². The second kappa shape index (κ2) is 6.29. The van der Waals surface area contributed by atoms with Gasteiger partial charge in [-0.2, -0.15) is 0 Å². The van der Waals surface area contributed by atoms with E-state index >= 15 is 0 Å². The average Bonchev–Trinajstić information content (AvgIpc) is 3.37. The van der Waals surface area contributed by atoms with Crippen LogP contribution in [0, 0.1) is 0 Å². The average molecular weight is 344 g/mol. The van der Waals surface area contributed by atoms with E-state index in [9.17, 15) is 9.59 Å². The molecule has 1 aliphatic carbocycles. The number of nitrogens with one attached hydrogen (secondary N) is 1. The van der Waals surface area contributed by atoms with Gasteiger partial charge in [0.15, 0.2) is 0 Å². The van der Waals surface area contributed by atoms with Gasteiger partial charge in [0.25, 0.3) is 0 Å². The van der Waals surface area contributed by atoms with Gasteiger partial charge in [0.1, 0.15) is 0 Å². The molecule has 0 aliphatic heterocycles. The van der Waals surface area contributed by atoms with Crippen LogP contribution in [0.1, 0.15) is 36.8 Å². The maximum absolute atomic E-state index is 12.7. The largest absolute Gasteiger partial charge is 0.481 e. The molecule has 0 heterocycles. The third-order valence-corrected chi connectivity index (χ3v) is 4.84. The molecule has 0 aromatic heterocycles. The molecule has 0 spiro atoms. The first-order valence-corrected chi connectivity index (χ1v) is 8.20. The number of carbonyl (C=O) groups excluding carboxylic acids is 1. The predicted molar refractivity (Wildman–Crippen MR) is 93.5 cm³/mol. The SMILES string of the molecule is CC(C(=O)O)c1ccc(NC(=O)C2(c3cccc(Cl)c3)CC2)cc1. The third kappa shape index (κ3) is 3.15. The van der Waals surface area contributed by atoms with Crippen molar-refractivity contribution in [2.45, 2.75) is 31.1 Å².